The topological polar surface area (TPSA) is 55.2 Å². The predicted octanol–water partition coefficient (Wildman–Crippen LogP) is 4.38. The van der Waals surface area contributed by atoms with Gasteiger partial charge in [-0.2, -0.15) is 0 Å². The molecule has 0 aliphatic heterocycles. The number of halogens is 3. The molecule has 19 heavy (non-hydrogen) atoms. The molecule has 0 bridgehead atoms. The summed E-state index contributed by atoms with van der Waals surface area (Å²) >= 11 is 2.78. The van der Waals surface area contributed by atoms with Gasteiger partial charge in [-0.15, -0.1) is 0 Å². The summed E-state index contributed by atoms with van der Waals surface area (Å²) < 4.78 is 27.1. The van der Waals surface area contributed by atoms with Crippen LogP contribution >= 0.6 is 15.9 Å². The molecule has 0 heterocycles. The molecule has 0 unspecified atom stereocenters. The number of hydrogen-bond acceptors (Lipinski definition) is 3. The molecule has 1 aromatic carbocycles. The van der Waals surface area contributed by atoms with E-state index < -0.39 is 22.2 Å². The molecule has 1 fully saturated rings. The molecule has 0 amide bonds. The number of nitro groups is 1. The zero-order valence-corrected chi connectivity index (χ0v) is 11.7. The molecular weight excluding hydrogens is 322 g/mol. The summed E-state index contributed by atoms with van der Waals surface area (Å²) in [6, 6.07) is 0.950. The van der Waals surface area contributed by atoms with Crippen LogP contribution in [0.4, 0.5) is 20.2 Å². The van der Waals surface area contributed by atoms with Crippen molar-refractivity contribution in [1.82, 2.24) is 0 Å². The minimum atomic E-state index is -1.20. The van der Waals surface area contributed by atoms with Crippen LogP contribution in [0, 0.1) is 21.7 Å². The quantitative estimate of drug-likeness (QED) is 0.507. The van der Waals surface area contributed by atoms with Gasteiger partial charge in [-0.3, -0.25) is 10.1 Å². The van der Waals surface area contributed by atoms with Gasteiger partial charge in [-0.1, -0.05) is 19.3 Å². The second-order valence-electron chi connectivity index (χ2n) is 4.62. The molecular formula is C12H13BrF2N2O2. The summed E-state index contributed by atoms with van der Waals surface area (Å²) in [5, 5.41) is 13.7. The van der Waals surface area contributed by atoms with Gasteiger partial charge >= 0.3 is 0 Å². The molecule has 1 saturated carbocycles. The van der Waals surface area contributed by atoms with Gasteiger partial charge in [-0.25, -0.2) is 8.78 Å². The van der Waals surface area contributed by atoms with Gasteiger partial charge in [0.2, 0.25) is 0 Å². The first kappa shape index (κ1) is 14.2. The molecule has 1 aliphatic rings. The van der Waals surface area contributed by atoms with Crippen molar-refractivity contribution in [2.75, 3.05) is 5.32 Å². The van der Waals surface area contributed by atoms with Crippen molar-refractivity contribution in [3.63, 3.8) is 0 Å². The molecule has 2 rings (SSSR count). The van der Waals surface area contributed by atoms with Crippen LogP contribution in [0.5, 0.6) is 0 Å². The molecule has 0 spiro atoms. The summed E-state index contributed by atoms with van der Waals surface area (Å²) in [6.07, 6.45) is 4.72. The van der Waals surface area contributed by atoms with Gasteiger partial charge in [0.25, 0.3) is 5.69 Å². The van der Waals surface area contributed by atoms with Crippen molar-refractivity contribution in [1.29, 1.82) is 0 Å². The molecule has 0 radical (unpaired) electrons. The normalized spacial score (nSPS) is 16.4. The van der Waals surface area contributed by atoms with Gasteiger partial charge in [0.1, 0.15) is 0 Å². The standard InChI is InChI=1S/C12H13BrF2N2O2/c13-8-6-9(17(18)19)12(11(15)10(8)14)16-7-4-2-1-3-5-7/h6-7,16H,1-5H2. The monoisotopic (exact) mass is 334 g/mol. The lowest BCUT2D eigenvalue weighted by molar-refractivity contribution is -0.384. The maximum atomic E-state index is 13.9. The first-order chi connectivity index (χ1) is 9.00. The van der Waals surface area contributed by atoms with Crippen molar-refractivity contribution >= 4 is 27.3 Å². The Hall–Kier alpha value is -1.24. The Bertz CT molecular complexity index is 505. The number of nitro benzene ring substituents is 1. The van der Waals surface area contributed by atoms with E-state index in [0.29, 0.717) is 0 Å². The second-order valence-corrected chi connectivity index (χ2v) is 5.47. The first-order valence-electron chi connectivity index (χ1n) is 6.09. The molecule has 7 heteroatoms. The van der Waals surface area contributed by atoms with Crippen LogP contribution in [0.3, 0.4) is 0 Å². The Morgan fingerprint density at radius 3 is 2.47 bits per heavy atom. The van der Waals surface area contributed by atoms with E-state index >= 15 is 0 Å². The fraction of sp³-hybridized carbons (Fsp3) is 0.500. The van der Waals surface area contributed by atoms with E-state index in [9.17, 15) is 18.9 Å². The lowest BCUT2D eigenvalue weighted by Crippen LogP contribution is -2.23. The Morgan fingerprint density at radius 1 is 1.26 bits per heavy atom. The van der Waals surface area contributed by atoms with Crippen LogP contribution in [0.1, 0.15) is 32.1 Å². The van der Waals surface area contributed by atoms with Crippen LogP contribution < -0.4 is 5.32 Å². The second kappa shape index (κ2) is 5.81. The highest BCUT2D eigenvalue weighted by Gasteiger charge is 2.27. The molecule has 0 saturated heterocycles. The molecule has 0 aromatic heterocycles. The lowest BCUT2D eigenvalue weighted by atomic mass is 9.95. The highest BCUT2D eigenvalue weighted by atomic mass is 79.9. The van der Waals surface area contributed by atoms with E-state index in [2.05, 4.69) is 21.2 Å². The predicted molar refractivity (Wildman–Crippen MR) is 71.2 cm³/mol. The molecule has 1 aromatic rings. The van der Waals surface area contributed by atoms with Crippen molar-refractivity contribution in [3.05, 3.63) is 32.3 Å². The largest absolute Gasteiger partial charge is 0.374 e. The molecule has 104 valence electrons. The van der Waals surface area contributed by atoms with Gasteiger partial charge < -0.3 is 5.32 Å². The van der Waals surface area contributed by atoms with E-state index in [4.69, 9.17) is 0 Å². The van der Waals surface area contributed by atoms with E-state index in [0.717, 1.165) is 38.2 Å². The SMILES string of the molecule is O=[N+]([O-])c1cc(Br)c(F)c(F)c1NC1CCCCC1. The fourth-order valence-corrected chi connectivity index (χ4v) is 2.71. The van der Waals surface area contributed by atoms with Crippen LogP contribution in [-0.2, 0) is 0 Å². The number of rotatable bonds is 3. The average molecular weight is 335 g/mol. The zero-order chi connectivity index (χ0) is 14.0. The Morgan fingerprint density at radius 2 is 1.89 bits per heavy atom. The van der Waals surface area contributed by atoms with Gasteiger partial charge in [-0.05, 0) is 28.8 Å². The number of hydrogen-bond donors (Lipinski definition) is 1. The van der Waals surface area contributed by atoms with Gasteiger partial charge in [0, 0.05) is 12.1 Å². The van der Waals surface area contributed by atoms with Crippen molar-refractivity contribution < 1.29 is 13.7 Å². The van der Waals surface area contributed by atoms with Crippen LogP contribution in [0.25, 0.3) is 0 Å². The first-order valence-corrected chi connectivity index (χ1v) is 6.88. The van der Waals surface area contributed by atoms with Crippen molar-refractivity contribution in [2.45, 2.75) is 38.1 Å². The Labute approximate surface area is 117 Å². The summed E-state index contributed by atoms with van der Waals surface area (Å²) in [5.74, 6) is -2.31. The van der Waals surface area contributed by atoms with Gasteiger partial charge in [0.15, 0.2) is 17.3 Å². The van der Waals surface area contributed by atoms with E-state index in [1.54, 1.807) is 0 Å². The highest BCUT2D eigenvalue weighted by Crippen LogP contribution is 2.35. The molecule has 1 N–H and O–H groups in total. The summed E-state index contributed by atoms with van der Waals surface area (Å²) in [7, 11) is 0. The molecule has 1 aliphatic carbocycles. The third-order valence-corrected chi connectivity index (χ3v) is 3.87. The summed E-state index contributed by atoms with van der Waals surface area (Å²) in [5.41, 5.74) is -0.797. The lowest BCUT2D eigenvalue weighted by Gasteiger charge is -2.24. The van der Waals surface area contributed by atoms with E-state index in [1.165, 1.54) is 0 Å². The van der Waals surface area contributed by atoms with Crippen molar-refractivity contribution in [3.8, 4) is 0 Å². The third kappa shape index (κ3) is 3.02. The number of anilines is 1. The van der Waals surface area contributed by atoms with Crippen LogP contribution in [0.2, 0.25) is 0 Å². The maximum Gasteiger partial charge on any atom is 0.296 e. The van der Waals surface area contributed by atoms with Gasteiger partial charge in [0.05, 0.1) is 9.40 Å². The van der Waals surface area contributed by atoms with E-state index in [-0.39, 0.29) is 16.2 Å². The Balaban J connectivity index is 2.36. The highest BCUT2D eigenvalue weighted by molar-refractivity contribution is 9.10. The maximum absolute atomic E-state index is 13.9. The number of nitrogens with one attached hydrogen (secondary N) is 1. The van der Waals surface area contributed by atoms with Crippen LogP contribution in [0.15, 0.2) is 10.5 Å². The van der Waals surface area contributed by atoms with Crippen LogP contribution in [-0.4, -0.2) is 11.0 Å². The van der Waals surface area contributed by atoms with Crippen molar-refractivity contribution in [2.24, 2.45) is 0 Å². The fourth-order valence-electron chi connectivity index (χ4n) is 2.31. The zero-order valence-electron chi connectivity index (χ0n) is 10.1. The summed E-state index contributed by atoms with van der Waals surface area (Å²) in [6.45, 7) is 0. The average Bonchev–Trinajstić information content (AvgIpc) is 2.40. The summed E-state index contributed by atoms with van der Waals surface area (Å²) in [4.78, 5) is 10.2. The smallest absolute Gasteiger partial charge is 0.296 e. The minimum Gasteiger partial charge on any atom is -0.374 e. The number of nitrogens with zero attached hydrogens (tertiary/aromatic N) is 1. The Kier molecular flexibility index (Phi) is 4.34. The minimum absolute atomic E-state index is 0.0393. The number of benzene rings is 1. The molecule has 0 atom stereocenters. The third-order valence-electron chi connectivity index (χ3n) is 3.29. The van der Waals surface area contributed by atoms with E-state index in [1.807, 2.05) is 0 Å². The molecule has 4 nitrogen and oxygen atoms in total.